The van der Waals surface area contributed by atoms with E-state index in [0.29, 0.717) is 0 Å². The number of pyridine rings is 1. The summed E-state index contributed by atoms with van der Waals surface area (Å²) in [5.74, 6) is 1.04. The predicted octanol–water partition coefficient (Wildman–Crippen LogP) is 12.3. The Morgan fingerprint density at radius 3 is 1.93 bits per heavy atom. The molecule has 270 valence electrons. The number of aromatic nitrogens is 2. The molecule has 0 spiro atoms. The quantitative estimate of drug-likeness (QED) is 0.164. The molecule has 0 saturated heterocycles. The summed E-state index contributed by atoms with van der Waals surface area (Å²) in [6.45, 7) is 0. The van der Waals surface area contributed by atoms with Crippen LogP contribution in [0.5, 0.6) is 0 Å². The number of thiophene rings is 1. The first-order chi connectivity index (χ1) is 28.2. The average Bonchev–Trinajstić information content (AvgIpc) is 3.82. The number of nitrogens with one attached hydrogen (secondary N) is 1. The van der Waals surface area contributed by atoms with Gasteiger partial charge in [-0.3, -0.25) is 9.55 Å². The molecule has 11 rings (SSSR count). The van der Waals surface area contributed by atoms with Crippen LogP contribution in [0.4, 0.5) is 0 Å². The number of para-hydroxylation sites is 1. The lowest BCUT2D eigenvalue weighted by atomic mass is 9.97. The first-order valence-corrected chi connectivity index (χ1v) is 21.5. The van der Waals surface area contributed by atoms with Gasteiger partial charge in [0.05, 0.1) is 22.6 Å². The molecule has 0 bridgehead atoms. The topological polar surface area (TPSA) is 29.9 Å². The zero-order valence-electron chi connectivity index (χ0n) is 31.0. The third-order valence-corrected chi connectivity index (χ3v) is 14.6. The van der Waals surface area contributed by atoms with E-state index in [4.69, 9.17) is 4.98 Å². The molecule has 57 heavy (non-hydrogen) atoms. The monoisotopic (exact) mass is 765 g/mol. The second-order valence-electron chi connectivity index (χ2n) is 14.5. The van der Waals surface area contributed by atoms with E-state index in [2.05, 4.69) is 204 Å². The van der Waals surface area contributed by atoms with Gasteiger partial charge in [-0.1, -0.05) is 140 Å². The van der Waals surface area contributed by atoms with E-state index in [1.54, 1.807) is 0 Å². The molecule has 0 amide bonds. The van der Waals surface area contributed by atoms with E-state index in [1.165, 1.54) is 63.9 Å². The SMILES string of the molecule is C1=CC(c2ccc3sc4ccc(-c5cccc(-c6cccc(P(c7ccccc7)c7ccccc7)c6)c5)cc4c3c2)NC(n2c3ccccc3c3ncccc32)=C1. The van der Waals surface area contributed by atoms with Gasteiger partial charge in [0, 0.05) is 31.8 Å². The number of hydrogen-bond donors (Lipinski definition) is 1. The van der Waals surface area contributed by atoms with Crippen LogP contribution in [0.2, 0.25) is 0 Å². The number of hydrogen-bond acceptors (Lipinski definition) is 3. The summed E-state index contributed by atoms with van der Waals surface area (Å²) in [5.41, 5.74) is 9.40. The summed E-state index contributed by atoms with van der Waals surface area (Å²) in [7, 11) is -0.685. The molecule has 3 nitrogen and oxygen atoms in total. The fourth-order valence-corrected chi connectivity index (χ4v) is 11.8. The Hall–Kier alpha value is -6.58. The van der Waals surface area contributed by atoms with Crippen LogP contribution in [0, 0.1) is 0 Å². The van der Waals surface area contributed by atoms with Gasteiger partial charge in [0.1, 0.15) is 5.82 Å². The molecule has 0 radical (unpaired) electrons. The van der Waals surface area contributed by atoms with Crippen LogP contribution >= 0.6 is 19.3 Å². The smallest absolute Gasteiger partial charge is 0.111 e. The van der Waals surface area contributed by atoms with Crippen LogP contribution in [0.3, 0.4) is 0 Å². The fraction of sp³-hybridized carbons (Fsp3) is 0.0192. The van der Waals surface area contributed by atoms with Crippen molar-refractivity contribution < 1.29 is 0 Å². The molecular formula is C52H36N3PS. The van der Waals surface area contributed by atoms with Crippen molar-refractivity contribution >= 4 is 83.1 Å². The molecule has 1 unspecified atom stereocenters. The number of allylic oxidation sites excluding steroid dienone is 2. The van der Waals surface area contributed by atoms with Gasteiger partial charge in [-0.25, -0.2) is 0 Å². The Morgan fingerprint density at radius 1 is 0.509 bits per heavy atom. The summed E-state index contributed by atoms with van der Waals surface area (Å²) in [6, 6.07) is 66.7. The van der Waals surface area contributed by atoms with Gasteiger partial charge in [-0.2, -0.15) is 0 Å². The van der Waals surface area contributed by atoms with E-state index < -0.39 is 7.92 Å². The van der Waals surface area contributed by atoms with E-state index in [-0.39, 0.29) is 6.04 Å². The minimum atomic E-state index is -0.685. The van der Waals surface area contributed by atoms with Crippen molar-refractivity contribution in [3.05, 3.63) is 212 Å². The van der Waals surface area contributed by atoms with Crippen LogP contribution in [-0.4, -0.2) is 9.55 Å². The largest absolute Gasteiger partial charge is 0.361 e. The van der Waals surface area contributed by atoms with Crippen LogP contribution in [0.15, 0.2) is 206 Å². The summed E-state index contributed by atoms with van der Waals surface area (Å²) in [4.78, 5) is 4.75. The number of benzene rings is 7. The standard InChI is InChI=1S/C52H36N3PS/c1-3-16-40(17-4-1)56(41-18-5-2-6-19-41)42-20-10-15-37(32-42)35-13-9-14-36(31-35)38-26-28-49-44(33-38)45-34-39(27-29-50(45)57-49)46-22-11-25-51(54-46)55-47-23-8-7-21-43(47)52-48(55)24-12-30-53-52/h1-34,46,54H. The third-order valence-electron chi connectivity index (χ3n) is 11.0. The lowest BCUT2D eigenvalue weighted by molar-refractivity contribution is 0.737. The highest BCUT2D eigenvalue weighted by Crippen LogP contribution is 2.40. The zero-order chi connectivity index (χ0) is 37.7. The minimum absolute atomic E-state index is 0.0256. The maximum Gasteiger partial charge on any atom is 0.111 e. The minimum Gasteiger partial charge on any atom is -0.361 e. The third kappa shape index (κ3) is 6.06. The molecule has 0 fully saturated rings. The van der Waals surface area contributed by atoms with Gasteiger partial charge in [-0.05, 0) is 112 Å². The number of rotatable bonds is 7. The molecule has 4 heterocycles. The Balaban J connectivity index is 0.924. The molecule has 10 aromatic rings. The molecule has 1 aliphatic heterocycles. The van der Waals surface area contributed by atoms with Crippen molar-refractivity contribution in [1.29, 1.82) is 0 Å². The Bertz CT molecular complexity index is 3080. The molecule has 3 aromatic heterocycles. The fourth-order valence-electron chi connectivity index (χ4n) is 8.36. The van der Waals surface area contributed by atoms with Gasteiger partial charge in [0.25, 0.3) is 0 Å². The summed E-state index contributed by atoms with van der Waals surface area (Å²) < 4.78 is 4.90. The van der Waals surface area contributed by atoms with Crippen molar-refractivity contribution in [3.8, 4) is 22.3 Å². The van der Waals surface area contributed by atoms with Gasteiger partial charge in [-0.15, -0.1) is 11.3 Å². The van der Waals surface area contributed by atoms with Crippen LogP contribution in [-0.2, 0) is 0 Å². The van der Waals surface area contributed by atoms with E-state index in [0.717, 1.165) is 27.8 Å². The first-order valence-electron chi connectivity index (χ1n) is 19.3. The lowest BCUT2D eigenvalue weighted by Crippen LogP contribution is -2.23. The Kier molecular flexibility index (Phi) is 8.39. The van der Waals surface area contributed by atoms with E-state index >= 15 is 0 Å². The van der Waals surface area contributed by atoms with Crippen molar-refractivity contribution in [3.63, 3.8) is 0 Å². The molecule has 0 aliphatic carbocycles. The van der Waals surface area contributed by atoms with Crippen molar-refractivity contribution in [2.24, 2.45) is 0 Å². The summed E-state index contributed by atoms with van der Waals surface area (Å²) in [6.07, 6.45) is 8.46. The molecule has 5 heteroatoms. The highest BCUT2D eigenvalue weighted by molar-refractivity contribution is 7.79. The van der Waals surface area contributed by atoms with E-state index in [9.17, 15) is 0 Å². The van der Waals surface area contributed by atoms with Crippen molar-refractivity contribution in [2.75, 3.05) is 0 Å². The summed E-state index contributed by atoms with van der Waals surface area (Å²) >= 11 is 1.86. The molecule has 0 saturated carbocycles. The number of nitrogens with zero attached hydrogens (tertiary/aromatic N) is 2. The Labute approximate surface area is 336 Å². The van der Waals surface area contributed by atoms with E-state index in [1.807, 2.05) is 23.6 Å². The van der Waals surface area contributed by atoms with Gasteiger partial charge in [0.15, 0.2) is 0 Å². The molecule has 7 aromatic carbocycles. The molecule has 1 aliphatic rings. The maximum absolute atomic E-state index is 4.75. The Morgan fingerprint density at radius 2 is 1.14 bits per heavy atom. The predicted molar refractivity (Wildman–Crippen MR) is 245 cm³/mol. The normalized spacial score (nSPS) is 14.1. The maximum atomic E-state index is 4.75. The van der Waals surface area contributed by atoms with Gasteiger partial charge >= 0.3 is 0 Å². The number of dihydropyridines is 1. The number of fused-ring (bicyclic) bond motifs is 6. The van der Waals surface area contributed by atoms with Gasteiger partial charge < -0.3 is 5.32 Å². The van der Waals surface area contributed by atoms with Gasteiger partial charge in [0.2, 0.25) is 0 Å². The average molecular weight is 766 g/mol. The zero-order valence-corrected chi connectivity index (χ0v) is 32.7. The van der Waals surface area contributed by atoms with Crippen molar-refractivity contribution in [2.45, 2.75) is 6.04 Å². The van der Waals surface area contributed by atoms with Crippen LogP contribution in [0.1, 0.15) is 11.6 Å². The first kappa shape index (κ1) is 33.7. The second-order valence-corrected chi connectivity index (χ2v) is 17.8. The highest BCUT2D eigenvalue weighted by Gasteiger charge is 2.20. The van der Waals surface area contributed by atoms with Crippen LogP contribution < -0.4 is 21.2 Å². The molecule has 1 N–H and O–H groups in total. The molecular weight excluding hydrogens is 730 g/mol. The van der Waals surface area contributed by atoms with Crippen LogP contribution in [0.25, 0.3) is 70.2 Å². The summed E-state index contributed by atoms with van der Waals surface area (Å²) in [5, 5.41) is 11.7. The molecule has 1 atom stereocenters. The second kappa shape index (κ2) is 14.2. The van der Waals surface area contributed by atoms with Crippen molar-refractivity contribution in [1.82, 2.24) is 14.9 Å². The lowest BCUT2D eigenvalue weighted by Gasteiger charge is -2.24. The highest BCUT2D eigenvalue weighted by atomic mass is 32.1.